The van der Waals surface area contributed by atoms with Gasteiger partial charge in [0.15, 0.2) is 0 Å². The molecule has 4 nitrogen and oxygen atoms in total. The van der Waals surface area contributed by atoms with Crippen molar-refractivity contribution in [3.63, 3.8) is 0 Å². The fourth-order valence-corrected chi connectivity index (χ4v) is 2.13. The molecule has 1 rings (SSSR count). The molecule has 1 aromatic rings. The van der Waals surface area contributed by atoms with Crippen molar-refractivity contribution in [3.8, 4) is 0 Å². The predicted octanol–water partition coefficient (Wildman–Crippen LogP) is 3.02. The summed E-state index contributed by atoms with van der Waals surface area (Å²) in [6, 6.07) is 7.36. The minimum absolute atomic E-state index is 0.277. The first-order chi connectivity index (χ1) is 9.71. The van der Waals surface area contributed by atoms with E-state index in [0.717, 1.165) is 18.6 Å². The summed E-state index contributed by atoms with van der Waals surface area (Å²) < 4.78 is 5.78. The van der Waals surface area contributed by atoms with Gasteiger partial charge in [-0.3, -0.25) is 10.2 Å². The Bertz CT molecular complexity index is 407. The van der Waals surface area contributed by atoms with Gasteiger partial charge in [-0.1, -0.05) is 45.2 Å². The van der Waals surface area contributed by atoms with Gasteiger partial charge in [0, 0.05) is 12.2 Å². The average molecular weight is 278 g/mol. The standard InChI is InChI=1S/C16H26N2O2/c1-3-5-7-13(4-2)11-20-12-14-8-6-9-15(10-14)16(19)18-17/h6,8-10,13H,3-5,7,11-12,17H2,1-2H3,(H,18,19). The number of amides is 1. The zero-order valence-corrected chi connectivity index (χ0v) is 12.5. The summed E-state index contributed by atoms with van der Waals surface area (Å²) in [6.07, 6.45) is 4.86. The van der Waals surface area contributed by atoms with Crippen LogP contribution in [0.1, 0.15) is 55.5 Å². The second kappa shape index (κ2) is 9.50. The molecule has 0 aliphatic heterocycles. The topological polar surface area (TPSA) is 64.3 Å². The van der Waals surface area contributed by atoms with Crippen LogP contribution in [0.4, 0.5) is 0 Å². The Kier molecular flexibility index (Phi) is 7.92. The van der Waals surface area contributed by atoms with Gasteiger partial charge in [-0.05, 0) is 30.0 Å². The normalized spacial score (nSPS) is 12.2. The van der Waals surface area contributed by atoms with Gasteiger partial charge in [-0.15, -0.1) is 0 Å². The van der Waals surface area contributed by atoms with Gasteiger partial charge in [0.25, 0.3) is 5.91 Å². The molecular weight excluding hydrogens is 252 g/mol. The summed E-state index contributed by atoms with van der Waals surface area (Å²) in [7, 11) is 0. The number of hydrogen-bond donors (Lipinski definition) is 2. The van der Waals surface area contributed by atoms with E-state index < -0.39 is 0 Å². The number of benzene rings is 1. The summed E-state index contributed by atoms with van der Waals surface area (Å²) >= 11 is 0. The van der Waals surface area contributed by atoms with E-state index in [1.807, 2.05) is 18.2 Å². The molecule has 0 spiro atoms. The van der Waals surface area contributed by atoms with Crippen molar-refractivity contribution in [2.24, 2.45) is 11.8 Å². The van der Waals surface area contributed by atoms with E-state index in [1.165, 1.54) is 19.3 Å². The fraction of sp³-hybridized carbons (Fsp3) is 0.562. The highest BCUT2D eigenvalue weighted by molar-refractivity contribution is 5.93. The monoisotopic (exact) mass is 278 g/mol. The van der Waals surface area contributed by atoms with Crippen molar-refractivity contribution in [2.75, 3.05) is 6.61 Å². The van der Waals surface area contributed by atoms with E-state index in [9.17, 15) is 4.79 Å². The zero-order chi connectivity index (χ0) is 14.8. The molecule has 0 heterocycles. The number of hydrazine groups is 1. The molecule has 1 amide bonds. The van der Waals surface area contributed by atoms with E-state index in [-0.39, 0.29) is 5.91 Å². The third-order valence-electron chi connectivity index (χ3n) is 3.49. The Morgan fingerprint density at radius 2 is 2.20 bits per heavy atom. The van der Waals surface area contributed by atoms with Crippen LogP contribution in [0.3, 0.4) is 0 Å². The molecule has 4 heteroatoms. The number of carbonyl (C=O) groups excluding carboxylic acids is 1. The van der Waals surface area contributed by atoms with E-state index >= 15 is 0 Å². The van der Waals surface area contributed by atoms with Crippen molar-refractivity contribution < 1.29 is 9.53 Å². The molecule has 1 unspecified atom stereocenters. The van der Waals surface area contributed by atoms with E-state index in [4.69, 9.17) is 10.6 Å². The van der Waals surface area contributed by atoms with Crippen LogP contribution in [0, 0.1) is 5.92 Å². The summed E-state index contributed by atoms with van der Waals surface area (Å²) in [4.78, 5) is 11.4. The van der Waals surface area contributed by atoms with E-state index in [1.54, 1.807) is 6.07 Å². The van der Waals surface area contributed by atoms with Crippen LogP contribution in [-0.4, -0.2) is 12.5 Å². The number of hydrogen-bond acceptors (Lipinski definition) is 3. The maximum Gasteiger partial charge on any atom is 0.265 e. The van der Waals surface area contributed by atoms with Gasteiger partial charge in [0.2, 0.25) is 0 Å². The number of nitrogen functional groups attached to an aromatic ring is 1. The summed E-state index contributed by atoms with van der Waals surface area (Å²) in [6.45, 7) is 5.73. The van der Waals surface area contributed by atoms with Crippen LogP contribution in [0.15, 0.2) is 24.3 Å². The van der Waals surface area contributed by atoms with Gasteiger partial charge in [0.1, 0.15) is 0 Å². The van der Waals surface area contributed by atoms with Gasteiger partial charge >= 0.3 is 0 Å². The molecule has 0 fully saturated rings. The predicted molar refractivity (Wildman–Crippen MR) is 81.1 cm³/mol. The summed E-state index contributed by atoms with van der Waals surface area (Å²) in [5, 5.41) is 0. The fourth-order valence-electron chi connectivity index (χ4n) is 2.13. The third-order valence-corrected chi connectivity index (χ3v) is 3.49. The number of unbranched alkanes of at least 4 members (excludes halogenated alkanes) is 1. The van der Waals surface area contributed by atoms with E-state index in [2.05, 4.69) is 19.3 Å². The molecule has 0 saturated heterocycles. The zero-order valence-electron chi connectivity index (χ0n) is 12.5. The van der Waals surface area contributed by atoms with Gasteiger partial charge < -0.3 is 4.74 Å². The molecule has 112 valence electrons. The maximum atomic E-state index is 11.4. The average Bonchev–Trinajstić information content (AvgIpc) is 2.50. The Morgan fingerprint density at radius 3 is 2.85 bits per heavy atom. The highest BCUT2D eigenvalue weighted by Gasteiger charge is 2.07. The van der Waals surface area contributed by atoms with Crippen LogP contribution in [0.5, 0.6) is 0 Å². The molecule has 20 heavy (non-hydrogen) atoms. The van der Waals surface area contributed by atoms with Gasteiger partial charge in [0.05, 0.1) is 6.61 Å². The van der Waals surface area contributed by atoms with Crippen LogP contribution < -0.4 is 11.3 Å². The molecule has 1 aromatic carbocycles. The molecule has 1 atom stereocenters. The first kappa shape index (κ1) is 16.7. The lowest BCUT2D eigenvalue weighted by Crippen LogP contribution is -2.30. The Hall–Kier alpha value is -1.39. The number of nitrogens with two attached hydrogens (primary N) is 1. The summed E-state index contributed by atoms with van der Waals surface area (Å²) in [5.74, 6) is 5.48. The lowest BCUT2D eigenvalue weighted by Gasteiger charge is -2.14. The quantitative estimate of drug-likeness (QED) is 0.414. The highest BCUT2D eigenvalue weighted by atomic mass is 16.5. The van der Waals surface area contributed by atoms with Crippen molar-refractivity contribution in [1.29, 1.82) is 0 Å². The minimum atomic E-state index is -0.277. The minimum Gasteiger partial charge on any atom is -0.376 e. The SMILES string of the molecule is CCCCC(CC)COCc1cccc(C(=O)NN)c1. The van der Waals surface area contributed by atoms with Crippen LogP contribution in [0.2, 0.25) is 0 Å². The van der Waals surface area contributed by atoms with Crippen molar-refractivity contribution in [1.82, 2.24) is 5.43 Å². The number of nitrogens with one attached hydrogen (secondary N) is 1. The first-order valence-electron chi connectivity index (χ1n) is 7.38. The molecular formula is C16H26N2O2. The summed E-state index contributed by atoms with van der Waals surface area (Å²) in [5.41, 5.74) is 3.69. The van der Waals surface area contributed by atoms with Gasteiger partial charge in [-0.25, -0.2) is 5.84 Å². The third kappa shape index (κ3) is 5.72. The lowest BCUT2D eigenvalue weighted by atomic mass is 10.0. The Morgan fingerprint density at radius 1 is 1.40 bits per heavy atom. The Labute approximate surface area is 121 Å². The maximum absolute atomic E-state index is 11.4. The lowest BCUT2D eigenvalue weighted by molar-refractivity contribution is 0.0818. The highest BCUT2D eigenvalue weighted by Crippen LogP contribution is 2.14. The van der Waals surface area contributed by atoms with E-state index in [0.29, 0.717) is 18.1 Å². The Balaban J connectivity index is 2.43. The van der Waals surface area contributed by atoms with Crippen molar-refractivity contribution in [3.05, 3.63) is 35.4 Å². The number of rotatable bonds is 9. The van der Waals surface area contributed by atoms with Crippen LogP contribution in [-0.2, 0) is 11.3 Å². The molecule has 0 aliphatic rings. The van der Waals surface area contributed by atoms with Crippen LogP contribution in [0.25, 0.3) is 0 Å². The van der Waals surface area contributed by atoms with Crippen molar-refractivity contribution in [2.45, 2.75) is 46.1 Å². The smallest absolute Gasteiger partial charge is 0.265 e. The molecule has 0 aliphatic carbocycles. The molecule has 0 aromatic heterocycles. The number of carbonyl (C=O) groups is 1. The second-order valence-electron chi connectivity index (χ2n) is 5.11. The van der Waals surface area contributed by atoms with Gasteiger partial charge in [-0.2, -0.15) is 0 Å². The largest absolute Gasteiger partial charge is 0.376 e. The van der Waals surface area contributed by atoms with Crippen LogP contribution >= 0.6 is 0 Å². The molecule has 3 N–H and O–H groups in total. The first-order valence-corrected chi connectivity index (χ1v) is 7.38. The second-order valence-corrected chi connectivity index (χ2v) is 5.11. The molecule has 0 bridgehead atoms. The molecule has 0 saturated carbocycles. The number of ether oxygens (including phenoxy) is 1. The van der Waals surface area contributed by atoms with Crippen molar-refractivity contribution >= 4 is 5.91 Å². The molecule has 0 radical (unpaired) electrons.